The minimum absolute atomic E-state index is 0.0791. The smallest absolute Gasteiger partial charge is 0.391 e. The van der Waals surface area contributed by atoms with Crippen LogP contribution in [0.2, 0.25) is 0 Å². The molecule has 450 valence electrons. The summed E-state index contributed by atoms with van der Waals surface area (Å²) in [6.45, 7) is 4.95. The van der Waals surface area contributed by atoms with E-state index in [-0.39, 0.29) is 19.1 Å². The Hall–Kier alpha value is -0.500. The first-order valence-corrected chi connectivity index (χ1v) is 35.4. The lowest BCUT2D eigenvalue weighted by Crippen LogP contribution is -2.46. The van der Waals surface area contributed by atoms with Crippen molar-refractivity contribution >= 4 is 13.7 Å². The highest BCUT2D eigenvalue weighted by Gasteiger charge is 2.28. The van der Waals surface area contributed by atoms with Crippen LogP contribution >= 0.6 is 7.82 Å². The fraction of sp³-hybridized carbons (Fsp3) is 0.985. The Balaban J connectivity index is 3.83. The molecule has 3 unspecified atom stereocenters. The van der Waals surface area contributed by atoms with Gasteiger partial charge in [0.1, 0.15) is 13.2 Å². The number of carbonyl (C=O) groups excluding carboxylic acids is 1. The van der Waals surface area contributed by atoms with Crippen LogP contribution in [0.25, 0.3) is 0 Å². The Morgan fingerprint density at radius 1 is 0.400 bits per heavy atom. The summed E-state index contributed by atoms with van der Waals surface area (Å²) in [6, 6.07) is -0.755. The second-order valence-corrected chi connectivity index (χ2v) is 26.4. The van der Waals surface area contributed by atoms with Gasteiger partial charge in [-0.15, -0.1) is 0 Å². The molecule has 1 amide bonds. The topological polar surface area (TPSA) is 105 Å². The molecule has 0 aliphatic rings. The van der Waals surface area contributed by atoms with E-state index in [1.54, 1.807) is 0 Å². The number of unbranched alkanes of at least 4 members (excludes halogenated alkanes) is 51. The molecule has 0 aliphatic heterocycles. The number of phosphoric ester groups is 1. The Morgan fingerprint density at radius 2 is 0.640 bits per heavy atom. The fourth-order valence-electron chi connectivity index (χ4n) is 10.8. The van der Waals surface area contributed by atoms with Gasteiger partial charge in [0.2, 0.25) is 5.91 Å². The van der Waals surface area contributed by atoms with Crippen molar-refractivity contribution in [3.8, 4) is 0 Å². The Kier molecular flexibility index (Phi) is 57.8. The van der Waals surface area contributed by atoms with Crippen molar-refractivity contribution in [1.29, 1.82) is 0 Å². The number of aliphatic hydroxyl groups is 1. The van der Waals surface area contributed by atoms with Crippen LogP contribution < -0.4 is 5.32 Å². The predicted molar refractivity (Wildman–Crippen MR) is 328 cm³/mol. The summed E-state index contributed by atoms with van der Waals surface area (Å²) in [4.78, 5) is 23.4. The zero-order valence-electron chi connectivity index (χ0n) is 51.6. The molecule has 0 saturated carbocycles. The quantitative estimate of drug-likeness (QED) is 0.0318. The maximum Gasteiger partial charge on any atom is 0.472 e. The minimum atomic E-state index is -4.32. The molecule has 0 spiro atoms. The van der Waals surface area contributed by atoms with Crippen LogP contribution in [0.5, 0.6) is 0 Å². The molecule has 0 saturated heterocycles. The monoisotopic (exact) mass is 1080 g/mol. The maximum atomic E-state index is 13.0. The van der Waals surface area contributed by atoms with E-state index in [0.29, 0.717) is 23.9 Å². The molecule has 0 aromatic rings. The zero-order chi connectivity index (χ0) is 54.9. The van der Waals surface area contributed by atoms with E-state index in [9.17, 15) is 19.4 Å². The first-order chi connectivity index (χ1) is 36.5. The summed E-state index contributed by atoms with van der Waals surface area (Å²) in [5.41, 5.74) is 0. The Labute approximate surface area is 470 Å². The zero-order valence-corrected chi connectivity index (χ0v) is 52.5. The number of nitrogens with zero attached hydrogens (tertiary/aromatic N) is 1. The van der Waals surface area contributed by atoms with Crippen LogP contribution in [0.1, 0.15) is 367 Å². The van der Waals surface area contributed by atoms with E-state index in [0.717, 1.165) is 38.5 Å². The molecule has 75 heavy (non-hydrogen) atoms. The number of quaternary nitrogens is 1. The van der Waals surface area contributed by atoms with E-state index >= 15 is 0 Å². The first kappa shape index (κ1) is 74.5. The van der Waals surface area contributed by atoms with Crippen LogP contribution in [0.15, 0.2) is 0 Å². The van der Waals surface area contributed by atoms with Crippen molar-refractivity contribution in [2.75, 3.05) is 40.9 Å². The number of hydrogen-bond acceptors (Lipinski definition) is 5. The van der Waals surface area contributed by atoms with Crippen LogP contribution in [0.4, 0.5) is 0 Å². The number of rotatable bonds is 64. The normalized spacial score (nSPS) is 13.6. The van der Waals surface area contributed by atoms with E-state index in [2.05, 4.69) is 19.2 Å². The molecule has 0 bridgehead atoms. The van der Waals surface area contributed by atoms with E-state index in [1.807, 2.05) is 21.1 Å². The molecule has 3 atom stereocenters. The van der Waals surface area contributed by atoms with E-state index in [1.165, 1.54) is 302 Å². The second-order valence-electron chi connectivity index (χ2n) is 24.9. The van der Waals surface area contributed by atoms with Crippen molar-refractivity contribution in [2.45, 2.75) is 379 Å². The Bertz CT molecular complexity index is 1180. The molecule has 0 aromatic carbocycles. The van der Waals surface area contributed by atoms with Gasteiger partial charge in [-0.1, -0.05) is 348 Å². The molecule has 0 aromatic heterocycles. The second kappa shape index (κ2) is 58.2. The van der Waals surface area contributed by atoms with Crippen LogP contribution in [0.3, 0.4) is 0 Å². The molecule has 9 heteroatoms. The lowest BCUT2D eigenvalue weighted by atomic mass is 10.0. The molecule has 0 radical (unpaired) electrons. The molecule has 0 heterocycles. The highest BCUT2D eigenvalue weighted by atomic mass is 31.2. The van der Waals surface area contributed by atoms with Gasteiger partial charge in [-0.2, -0.15) is 0 Å². The number of hydrogen-bond donors (Lipinski definition) is 3. The standard InChI is InChI=1S/C66H135N2O6P/c1-6-8-10-12-14-16-18-20-22-23-24-25-26-27-28-29-30-31-32-33-34-35-36-37-38-39-40-41-42-43-44-46-48-50-52-54-56-58-60-66(70)67-64(63-74-75(71,72)73-62-61-68(3,4)5)65(69)59-57-55-53-51-49-47-45-21-19-17-15-13-11-9-7-2/h64-65,69H,6-63H2,1-5H3,(H-,67,70,71,72)/p+1. The van der Waals surface area contributed by atoms with Gasteiger partial charge in [0.15, 0.2) is 0 Å². The van der Waals surface area contributed by atoms with Crippen LogP contribution in [0, 0.1) is 0 Å². The fourth-order valence-corrected chi connectivity index (χ4v) is 11.6. The summed E-state index contributed by atoms with van der Waals surface area (Å²) in [7, 11) is 1.64. The lowest BCUT2D eigenvalue weighted by molar-refractivity contribution is -0.870. The predicted octanol–water partition coefficient (Wildman–Crippen LogP) is 21.2. The molecule has 8 nitrogen and oxygen atoms in total. The lowest BCUT2D eigenvalue weighted by Gasteiger charge is -2.26. The molecule has 3 N–H and O–H groups in total. The van der Waals surface area contributed by atoms with Crippen molar-refractivity contribution in [1.82, 2.24) is 5.32 Å². The molecular formula is C66H136N2O6P+. The van der Waals surface area contributed by atoms with Gasteiger partial charge >= 0.3 is 7.82 Å². The number of nitrogens with one attached hydrogen (secondary N) is 1. The largest absolute Gasteiger partial charge is 0.472 e. The highest BCUT2D eigenvalue weighted by molar-refractivity contribution is 7.47. The molecule has 0 rings (SSSR count). The number of phosphoric acid groups is 1. The van der Waals surface area contributed by atoms with Crippen LogP contribution in [-0.4, -0.2) is 73.4 Å². The molecule has 0 aliphatic carbocycles. The van der Waals surface area contributed by atoms with Gasteiger partial charge in [-0.05, 0) is 12.8 Å². The van der Waals surface area contributed by atoms with Crippen molar-refractivity contribution < 1.29 is 32.9 Å². The van der Waals surface area contributed by atoms with Gasteiger partial charge in [-0.3, -0.25) is 13.8 Å². The van der Waals surface area contributed by atoms with Gasteiger partial charge in [0, 0.05) is 6.42 Å². The van der Waals surface area contributed by atoms with Crippen molar-refractivity contribution in [3.63, 3.8) is 0 Å². The third kappa shape index (κ3) is 61.0. The van der Waals surface area contributed by atoms with E-state index in [4.69, 9.17) is 9.05 Å². The highest BCUT2D eigenvalue weighted by Crippen LogP contribution is 2.43. The van der Waals surface area contributed by atoms with Gasteiger partial charge < -0.3 is 19.8 Å². The van der Waals surface area contributed by atoms with Crippen LogP contribution in [-0.2, 0) is 18.4 Å². The average molecular weight is 1080 g/mol. The molecular weight excluding hydrogens is 948 g/mol. The van der Waals surface area contributed by atoms with Gasteiger partial charge in [-0.25, -0.2) is 4.57 Å². The average Bonchev–Trinajstić information content (AvgIpc) is 3.37. The third-order valence-corrected chi connectivity index (χ3v) is 17.1. The van der Waals surface area contributed by atoms with E-state index < -0.39 is 20.0 Å². The number of carbonyl (C=O) groups is 1. The minimum Gasteiger partial charge on any atom is -0.391 e. The number of likely N-dealkylation sites (N-methyl/N-ethyl adjacent to an activating group) is 1. The SMILES string of the molecule is CCCCCCCCCCCCCCCCCCCCCCCCCCCCCCCCCCCCCCCCC(=O)NC(COP(=O)(O)OCC[N+](C)(C)C)C(O)CCCCCCCCCCCCCCCCC. The number of amides is 1. The summed E-state index contributed by atoms with van der Waals surface area (Å²) in [6.07, 6.45) is 72.2. The third-order valence-electron chi connectivity index (χ3n) is 16.1. The van der Waals surface area contributed by atoms with Crippen molar-refractivity contribution in [2.24, 2.45) is 0 Å². The first-order valence-electron chi connectivity index (χ1n) is 33.9. The number of aliphatic hydroxyl groups excluding tert-OH is 1. The maximum absolute atomic E-state index is 13.0. The van der Waals surface area contributed by atoms with Gasteiger partial charge in [0.25, 0.3) is 0 Å². The molecule has 0 fully saturated rings. The van der Waals surface area contributed by atoms with Crippen molar-refractivity contribution in [3.05, 3.63) is 0 Å². The summed E-state index contributed by atoms with van der Waals surface area (Å²) in [5.74, 6) is -0.135. The summed E-state index contributed by atoms with van der Waals surface area (Å²) >= 11 is 0. The van der Waals surface area contributed by atoms with Gasteiger partial charge in [0.05, 0.1) is 39.9 Å². The summed E-state index contributed by atoms with van der Waals surface area (Å²) < 4.78 is 23.8. The Morgan fingerprint density at radius 3 is 0.893 bits per heavy atom. The summed E-state index contributed by atoms with van der Waals surface area (Å²) in [5, 5.41) is 14.1.